The van der Waals surface area contributed by atoms with Gasteiger partial charge >= 0.3 is 0 Å². The summed E-state index contributed by atoms with van der Waals surface area (Å²) in [7, 11) is 2.11. The first-order chi connectivity index (χ1) is 18.2. The predicted octanol–water partition coefficient (Wildman–Crippen LogP) is 7.81. The maximum atomic E-state index is 8.72. The van der Waals surface area contributed by atoms with E-state index in [0.29, 0.717) is 5.56 Å². The van der Waals surface area contributed by atoms with Crippen molar-refractivity contribution in [2.24, 2.45) is 7.05 Å². The van der Waals surface area contributed by atoms with Gasteiger partial charge in [-0.15, -0.1) is 65.7 Å². The van der Waals surface area contributed by atoms with Gasteiger partial charge in [-0.05, 0) is 64.3 Å². The van der Waals surface area contributed by atoms with Crippen molar-refractivity contribution in [3.05, 3.63) is 108 Å². The molecule has 1 aliphatic carbocycles. The molecule has 0 spiro atoms. The van der Waals surface area contributed by atoms with Crippen LogP contribution in [0.15, 0.2) is 79.0 Å². The van der Waals surface area contributed by atoms with Gasteiger partial charge in [0, 0.05) is 33.3 Å². The van der Waals surface area contributed by atoms with Crippen LogP contribution in [0.1, 0.15) is 57.2 Å². The summed E-state index contributed by atoms with van der Waals surface area (Å²) in [6.45, 7) is 9.47. The first kappa shape index (κ1) is 28.4. The Morgan fingerprint density at radius 1 is 0.846 bits per heavy atom. The van der Waals surface area contributed by atoms with Crippen LogP contribution in [-0.2, 0) is 38.0 Å². The van der Waals surface area contributed by atoms with Crippen LogP contribution in [0, 0.1) is 23.5 Å². The molecule has 5 heteroatoms. The zero-order chi connectivity index (χ0) is 26.9. The maximum Gasteiger partial charge on any atom is 0.0789 e. The molecule has 0 unspecified atom stereocenters. The average Bonchev–Trinajstić information content (AvgIpc) is 3.27. The number of hydrogen-bond donors (Lipinski definition) is 0. The minimum Gasteiger partial charge on any atom is -0.367 e. The predicted molar refractivity (Wildman–Crippen MR) is 153 cm³/mol. The number of benzene rings is 3. The molecule has 2 heterocycles. The average molecular weight is 689 g/mol. The summed E-state index contributed by atoms with van der Waals surface area (Å²) >= 11 is 0. The molecule has 0 saturated carbocycles. The van der Waals surface area contributed by atoms with Crippen LogP contribution >= 0.6 is 0 Å². The molecule has 4 nitrogen and oxygen atoms in total. The van der Waals surface area contributed by atoms with Crippen LogP contribution in [0.2, 0.25) is 0 Å². The van der Waals surface area contributed by atoms with E-state index in [2.05, 4.69) is 80.7 Å². The Bertz CT molecular complexity index is 1630. The van der Waals surface area contributed by atoms with Crippen LogP contribution in [-0.4, -0.2) is 14.5 Å². The number of rotatable bonds is 2. The Morgan fingerprint density at radius 2 is 1.54 bits per heavy atom. The quantitative estimate of drug-likeness (QED) is 0.178. The van der Waals surface area contributed by atoms with Crippen molar-refractivity contribution >= 4 is 11.0 Å². The molecular weight excluding hydrogens is 657 g/mol. The number of hydrogen-bond acceptors (Lipinski definition) is 3. The van der Waals surface area contributed by atoms with E-state index < -0.39 is 0 Å². The van der Waals surface area contributed by atoms with E-state index in [1.165, 1.54) is 29.5 Å². The fourth-order valence-corrected chi connectivity index (χ4v) is 5.23. The van der Waals surface area contributed by atoms with Gasteiger partial charge in [-0.1, -0.05) is 39.8 Å². The second kappa shape index (κ2) is 11.3. The fraction of sp³-hybridized carbons (Fsp3) is 0.265. The van der Waals surface area contributed by atoms with Crippen molar-refractivity contribution in [1.29, 1.82) is 5.26 Å². The van der Waals surface area contributed by atoms with Crippen LogP contribution in [0.4, 0.5) is 0 Å². The van der Waals surface area contributed by atoms with Crippen molar-refractivity contribution in [3.8, 4) is 28.7 Å². The molecule has 3 aromatic carbocycles. The van der Waals surface area contributed by atoms with E-state index in [4.69, 9.17) is 10.2 Å². The first-order valence-electron chi connectivity index (χ1n) is 13.0. The maximum absolute atomic E-state index is 8.72. The molecule has 1 radical (unpaired) electrons. The zero-order valence-electron chi connectivity index (χ0n) is 23.0. The van der Waals surface area contributed by atoms with E-state index in [-0.39, 0.29) is 30.9 Å². The van der Waals surface area contributed by atoms with Crippen molar-refractivity contribution < 1.29 is 20.1 Å². The summed E-state index contributed by atoms with van der Waals surface area (Å²) in [5, 5.41) is 8.72. The summed E-state index contributed by atoms with van der Waals surface area (Å²) in [6.07, 6.45) is 4.18. The molecule has 6 rings (SSSR count). The van der Waals surface area contributed by atoms with Gasteiger partial charge < -0.3 is 9.55 Å². The Kier molecular flexibility index (Phi) is 8.21. The van der Waals surface area contributed by atoms with Crippen molar-refractivity contribution in [3.63, 3.8) is 0 Å². The zero-order valence-corrected chi connectivity index (χ0v) is 25.4. The molecule has 0 saturated heterocycles. The number of aryl methyl sites for hydroxylation is 1. The van der Waals surface area contributed by atoms with Crippen LogP contribution < -0.4 is 0 Å². The van der Waals surface area contributed by atoms with Gasteiger partial charge in [0.15, 0.2) is 0 Å². The number of fused-ring (bicyclic) bond motifs is 2. The van der Waals surface area contributed by atoms with Gasteiger partial charge in [0.05, 0.1) is 22.9 Å². The smallest absolute Gasteiger partial charge is 0.0789 e. The van der Waals surface area contributed by atoms with Crippen LogP contribution in [0.25, 0.3) is 33.7 Å². The van der Waals surface area contributed by atoms with E-state index >= 15 is 0 Å². The summed E-state index contributed by atoms with van der Waals surface area (Å²) < 4.78 is 2.21. The van der Waals surface area contributed by atoms with E-state index in [1.807, 2.05) is 36.4 Å². The van der Waals surface area contributed by atoms with E-state index in [9.17, 15) is 0 Å². The standard InChI is InChI=1S/C22H25N2.C12H7N2.Ir/c1-21(2)11-12-22(3,4)17-14-19-18(13-16(17)21)23-20(24(19)5)15-9-7-6-8-10-15;13-9-10-4-3-5-11(8-10)12-6-1-2-7-14-12;/h6-9,13-14H,11-12H2,1-5H3;1-4,6-8H;/q2*-1;. The molecule has 0 fully saturated rings. The molecule has 39 heavy (non-hydrogen) atoms. The molecule has 0 atom stereocenters. The van der Waals surface area contributed by atoms with Gasteiger partial charge in [0.25, 0.3) is 0 Å². The van der Waals surface area contributed by atoms with Crippen molar-refractivity contribution in [2.75, 3.05) is 0 Å². The number of nitrogens with zero attached hydrogens (tertiary/aromatic N) is 4. The summed E-state index contributed by atoms with van der Waals surface area (Å²) in [5.41, 5.74) is 9.07. The monoisotopic (exact) mass is 689 g/mol. The molecule has 2 aromatic heterocycles. The Balaban J connectivity index is 0.000000202. The second-order valence-electron chi connectivity index (χ2n) is 11.2. The van der Waals surface area contributed by atoms with Gasteiger partial charge in [-0.2, -0.15) is 5.26 Å². The van der Waals surface area contributed by atoms with Gasteiger partial charge in [0.2, 0.25) is 0 Å². The Labute approximate surface area is 245 Å². The molecule has 5 aromatic rings. The largest absolute Gasteiger partial charge is 0.367 e. The normalized spacial score (nSPS) is 14.8. The third-order valence-corrected chi connectivity index (χ3v) is 7.67. The van der Waals surface area contributed by atoms with Gasteiger partial charge in [0.1, 0.15) is 0 Å². The first-order valence-corrected chi connectivity index (χ1v) is 13.0. The minimum absolute atomic E-state index is 0. The third kappa shape index (κ3) is 5.74. The summed E-state index contributed by atoms with van der Waals surface area (Å²) in [4.78, 5) is 9.12. The molecule has 0 aliphatic heterocycles. The van der Waals surface area contributed by atoms with Crippen LogP contribution in [0.3, 0.4) is 0 Å². The van der Waals surface area contributed by atoms with E-state index in [0.717, 1.165) is 28.2 Å². The van der Waals surface area contributed by atoms with Gasteiger partial charge in [-0.25, -0.2) is 0 Å². The second-order valence-corrected chi connectivity index (χ2v) is 11.2. The number of imidazole rings is 1. The van der Waals surface area contributed by atoms with E-state index in [1.54, 1.807) is 24.4 Å². The molecule has 0 N–H and O–H groups in total. The van der Waals surface area contributed by atoms with Crippen molar-refractivity contribution in [2.45, 2.75) is 51.4 Å². The molecule has 1 aliphatic rings. The molecule has 0 bridgehead atoms. The van der Waals surface area contributed by atoms with Gasteiger partial charge in [-0.3, -0.25) is 4.98 Å². The summed E-state index contributed by atoms with van der Waals surface area (Å²) in [5.74, 6) is 0.989. The number of aromatic nitrogens is 3. The molecular formula is C34H32IrN4-2. The number of nitriles is 1. The molecule has 199 valence electrons. The topological polar surface area (TPSA) is 54.5 Å². The van der Waals surface area contributed by atoms with Crippen molar-refractivity contribution in [1.82, 2.24) is 14.5 Å². The summed E-state index contributed by atoms with van der Waals surface area (Å²) in [6, 6.07) is 32.1. The Morgan fingerprint density at radius 3 is 2.18 bits per heavy atom. The minimum atomic E-state index is 0. The molecule has 0 amide bonds. The SMILES string of the molecule is Cn1c(-c2[c-]cccc2)nc2cc3c(cc21)C(C)(C)CCC3(C)C.N#Cc1cc[c-]c(-c2ccccn2)c1.[Ir]. The fourth-order valence-electron chi connectivity index (χ4n) is 5.23. The Hall–Kier alpha value is -3.58. The number of pyridine rings is 1. The van der Waals surface area contributed by atoms with Crippen LogP contribution in [0.5, 0.6) is 0 Å². The third-order valence-electron chi connectivity index (χ3n) is 7.67.